The number of nitrogens with zero attached hydrogens (tertiary/aromatic N) is 1. The maximum atomic E-state index is 11.9. The predicted octanol–water partition coefficient (Wildman–Crippen LogP) is 4.00. The van der Waals surface area contributed by atoms with Crippen molar-refractivity contribution >= 4 is 24.0 Å². The van der Waals surface area contributed by atoms with Crippen LogP contribution in [-0.2, 0) is 9.53 Å². The van der Waals surface area contributed by atoms with E-state index in [0.717, 1.165) is 16.7 Å². The lowest BCUT2D eigenvalue weighted by atomic mass is 10.1. The lowest BCUT2D eigenvalue weighted by Gasteiger charge is -1.98. The Balaban J connectivity index is 1.83. The molecule has 0 aliphatic carbocycles. The average Bonchev–Trinajstić information content (AvgIpc) is 2.89. The second kappa shape index (κ2) is 6.22. The first-order valence-electron chi connectivity index (χ1n) is 7.04. The maximum Gasteiger partial charge on any atom is 0.363 e. The monoisotopic (exact) mass is 289 g/mol. The molecule has 0 saturated carbocycles. The van der Waals surface area contributed by atoms with Crippen molar-refractivity contribution in [3.05, 3.63) is 83.1 Å². The van der Waals surface area contributed by atoms with Crippen molar-refractivity contribution in [3.63, 3.8) is 0 Å². The number of aryl methyl sites for hydroxylation is 1. The zero-order valence-electron chi connectivity index (χ0n) is 12.2. The molecule has 0 aromatic heterocycles. The Kier molecular flexibility index (Phi) is 3.97. The molecule has 2 aromatic carbocycles. The summed E-state index contributed by atoms with van der Waals surface area (Å²) in [5, 5.41) is 0. The molecule has 0 amide bonds. The zero-order valence-corrected chi connectivity index (χ0v) is 12.2. The van der Waals surface area contributed by atoms with Gasteiger partial charge in [0.15, 0.2) is 5.70 Å². The number of esters is 1. The highest BCUT2D eigenvalue weighted by Crippen LogP contribution is 2.18. The first kappa shape index (κ1) is 14.0. The standard InChI is InChI=1S/C19H15NO2/c1-14-7-5-6-10-16(14)13-17-19(21)22-18(20-17)12-11-15-8-3-2-4-9-15/h2-13H,1H3/b12-11+,17-13+. The molecule has 3 heteroatoms. The molecule has 0 bridgehead atoms. The van der Waals surface area contributed by atoms with Gasteiger partial charge in [-0.1, -0.05) is 54.6 Å². The highest BCUT2D eigenvalue weighted by atomic mass is 16.6. The van der Waals surface area contributed by atoms with E-state index < -0.39 is 5.97 Å². The minimum atomic E-state index is -0.420. The summed E-state index contributed by atoms with van der Waals surface area (Å²) in [5.74, 6) is -0.107. The van der Waals surface area contributed by atoms with Gasteiger partial charge in [0, 0.05) is 6.08 Å². The SMILES string of the molecule is Cc1ccccc1/C=C1N=C(/C=C/c2ccccc2)OC/1=O. The molecule has 2 aromatic rings. The molecule has 0 atom stereocenters. The molecule has 3 nitrogen and oxygen atoms in total. The van der Waals surface area contributed by atoms with E-state index in [1.807, 2.05) is 67.6 Å². The Labute approximate surface area is 129 Å². The van der Waals surface area contributed by atoms with Gasteiger partial charge in [-0.3, -0.25) is 0 Å². The molecule has 3 rings (SSSR count). The number of aliphatic imine (C=N–C) groups is 1. The molecule has 0 unspecified atom stereocenters. The van der Waals surface area contributed by atoms with Gasteiger partial charge in [0.2, 0.25) is 5.90 Å². The second-order valence-electron chi connectivity index (χ2n) is 4.97. The molecule has 0 fully saturated rings. The van der Waals surface area contributed by atoms with Crippen LogP contribution < -0.4 is 0 Å². The van der Waals surface area contributed by atoms with Gasteiger partial charge < -0.3 is 4.74 Å². The largest absolute Gasteiger partial charge is 0.403 e. The first-order chi connectivity index (χ1) is 10.7. The summed E-state index contributed by atoms with van der Waals surface area (Å²) < 4.78 is 5.16. The maximum absolute atomic E-state index is 11.9. The molecule has 0 N–H and O–H groups in total. The van der Waals surface area contributed by atoms with Crippen molar-refractivity contribution < 1.29 is 9.53 Å². The third-order valence-electron chi connectivity index (χ3n) is 3.34. The lowest BCUT2D eigenvalue weighted by Crippen LogP contribution is -2.01. The predicted molar refractivity (Wildman–Crippen MR) is 88.2 cm³/mol. The van der Waals surface area contributed by atoms with E-state index in [9.17, 15) is 4.79 Å². The number of cyclic esters (lactones) is 1. The van der Waals surface area contributed by atoms with Crippen LogP contribution in [0.3, 0.4) is 0 Å². The van der Waals surface area contributed by atoms with E-state index in [1.165, 1.54) is 0 Å². The Hall–Kier alpha value is -2.94. The van der Waals surface area contributed by atoms with Crippen molar-refractivity contribution in [2.24, 2.45) is 4.99 Å². The zero-order chi connectivity index (χ0) is 15.4. The number of hydrogen-bond acceptors (Lipinski definition) is 3. The van der Waals surface area contributed by atoms with Gasteiger partial charge in [0.05, 0.1) is 0 Å². The Morgan fingerprint density at radius 1 is 0.955 bits per heavy atom. The van der Waals surface area contributed by atoms with Crippen LogP contribution in [0.5, 0.6) is 0 Å². The highest BCUT2D eigenvalue weighted by molar-refractivity contribution is 6.11. The summed E-state index contributed by atoms with van der Waals surface area (Å²) in [7, 11) is 0. The minimum Gasteiger partial charge on any atom is -0.403 e. The number of carbonyl (C=O) groups is 1. The van der Waals surface area contributed by atoms with Gasteiger partial charge in [-0.15, -0.1) is 0 Å². The Morgan fingerprint density at radius 2 is 1.68 bits per heavy atom. The normalized spacial score (nSPS) is 16.1. The van der Waals surface area contributed by atoms with Gasteiger partial charge in [0.1, 0.15) is 0 Å². The molecule has 1 heterocycles. The van der Waals surface area contributed by atoms with Crippen LogP contribution in [0.2, 0.25) is 0 Å². The van der Waals surface area contributed by atoms with Crippen LogP contribution in [0, 0.1) is 6.92 Å². The molecule has 0 spiro atoms. The third kappa shape index (κ3) is 3.20. The number of benzene rings is 2. The molecule has 1 aliphatic heterocycles. The van der Waals surface area contributed by atoms with Crippen LogP contribution in [0.15, 0.2) is 71.4 Å². The Bertz CT molecular complexity index is 786. The summed E-state index contributed by atoms with van der Waals surface area (Å²) in [4.78, 5) is 16.1. The summed E-state index contributed by atoms with van der Waals surface area (Å²) >= 11 is 0. The molecular formula is C19H15NO2. The van der Waals surface area contributed by atoms with Gasteiger partial charge in [-0.2, -0.15) is 0 Å². The molecular weight excluding hydrogens is 274 g/mol. The number of hydrogen-bond donors (Lipinski definition) is 0. The minimum absolute atomic E-state index is 0.314. The van der Waals surface area contributed by atoms with Crippen molar-refractivity contribution in [1.29, 1.82) is 0 Å². The van der Waals surface area contributed by atoms with Crippen LogP contribution in [0.4, 0.5) is 0 Å². The van der Waals surface area contributed by atoms with Crippen molar-refractivity contribution in [2.75, 3.05) is 0 Å². The smallest absolute Gasteiger partial charge is 0.363 e. The van der Waals surface area contributed by atoms with E-state index >= 15 is 0 Å². The van der Waals surface area contributed by atoms with Gasteiger partial charge in [0.25, 0.3) is 0 Å². The van der Waals surface area contributed by atoms with Crippen LogP contribution in [0.1, 0.15) is 16.7 Å². The fourth-order valence-electron chi connectivity index (χ4n) is 2.12. The second-order valence-corrected chi connectivity index (χ2v) is 4.97. The number of ether oxygens (including phenoxy) is 1. The van der Waals surface area contributed by atoms with Crippen molar-refractivity contribution in [3.8, 4) is 0 Å². The molecule has 108 valence electrons. The van der Waals surface area contributed by atoms with Crippen LogP contribution >= 0.6 is 0 Å². The lowest BCUT2D eigenvalue weighted by molar-refractivity contribution is -0.129. The van der Waals surface area contributed by atoms with E-state index in [0.29, 0.717) is 11.6 Å². The van der Waals surface area contributed by atoms with Crippen molar-refractivity contribution in [1.82, 2.24) is 0 Å². The molecule has 0 saturated heterocycles. The molecule has 0 radical (unpaired) electrons. The summed E-state index contributed by atoms with van der Waals surface area (Å²) in [6, 6.07) is 17.6. The first-order valence-corrected chi connectivity index (χ1v) is 7.04. The quantitative estimate of drug-likeness (QED) is 0.632. The highest BCUT2D eigenvalue weighted by Gasteiger charge is 2.21. The van der Waals surface area contributed by atoms with Crippen LogP contribution in [0.25, 0.3) is 12.2 Å². The van der Waals surface area contributed by atoms with Gasteiger partial charge in [-0.05, 0) is 35.8 Å². The molecule has 22 heavy (non-hydrogen) atoms. The van der Waals surface area contributed by atoms with Gasteiger partial charge >= 0.3 is 5.97 Å². The van der Waals surface area contributed by atoms with Crippen LogP contribution in [-0.4, -0.2) is 11.9 Å². The van der Waals surface area contributed by atoms with E-state index in [2.05, 4.69) is 4.99 Å². The fourth-order valence-corrected chi connectivity index (χ4v) is 2.12. The van der Waals surface area contributed by atoms with Gasteiger partial charge in [-0.25, -0.2) is 9.79 Å². The number of carbonyl (C=O) groups excluding carboxylic acids is 1. The van der Waals surface area contributed by atoms with E-state index in [-0.39, 0.29) is 0 Å². The van der Waals surface area contributed by atoms with E-state index in [1.54, 1.807) is 12.2 Å². The topological polar surface area (TPSA) is 38.7 Å². The average molecular weight is 289 g/mol. The fraction of sp³-hybridized carbons (Fsp3) is 0.0526. The molecule has 1 aliphatic rings. The van der Waals surface area contributed by atoms with E-state index in [4.69, 9.17) is 4.74 Å². The van der Waals surface area contributed by atoms with Crippen molar-refractivity contribution in [2.45, 2.75) is 6.92 Å². The summed E-state index contributed by atoms with van der Waals surface area (Å²) in [6.07, 6.45) is 5.32. The summed E-state index contributed by atoms with van der Waals surface area (Å²) in [6.45, 7) is 1.99. The number of rotatable bonds is 3. The third-order valence-corrected chi connectivity index (χ3v) is 3.34. The Morgan fingerprint density at radius 3 is 2.45 bits per heavy atom. The summed E-state index contributed by atoms with van der Waals surface area (Å²) in [5.41, 5.74) is 3.40.